The summed E-state index contributed by atoms with van der Waals surface area (Å²) in [4.78, 5) is 23.6. The van der Waals surface area contributed by atoms with Gasteiger partial charge >= 0.3 is 5.69 Å². The van der Waals surface area contributed by atoms with Crippen molar-refractivity contribution in [2.45, 2.75) is 44.3 Å². The van der Waals surface area contributed by atoms with Crippen LogP contribution in [0.1, 0.15) is 31.5 Å². The monoisotopic (exact) mass is 302 g/mol. The number of aromatic nitrogens is 3. The Hall–Kier alpha value is -2.43. The van der Waals surface area contributed by atoms with Gasteiger partial charge in [0, 0.05) is 44.7 Å². The second-order valence-electron chi connectivity index (χ2n) is 5.71. The number of hydrogen-bond acceptors (Lipinski definition) is 5. The van der Waals surface area contributed by atoms with Gasteiger partial charge in [-0.05, 0) is 6.42 Å². The van der Waals surface area contributed by atoms with Crippen LogP contribution in [0.3, 0.4) is 0 Å². The SMILES string of the molecule is C#CCCC1(CCNC(=O)C2CCn3c(n[nH]c3=O)C2)N=N1. The first kappa shape index (κ1) is 14.5. The fraction of sp³-hybridized carbons (Fsp3) is 0.643. The third kappa shape index (κ3) is 2.93. The second-order valence-corrected chi connectivity index (χ2v) is 5.71. The molecule has 2 aliphatic rings. The number of fused-ring (bicyclic) bond motifs is 1. The molecule has 116 valence electrons. The van der Waals surface area contributed by atoms with E-state index in [4.69, 9.17) is 6.42 Å². The Morgan fingerprint density at radius 2 is 2.32 bits per heavy atom. The van der Waals surface area contributed by atoms with Gasteiger partial charge in [-0.3, -0.25) is 9.36 Å². The fourth-order valence-corrected chi connectivity index (χ4v) is 2.77. The lowest BCUT2D eigenvalue weighted by Gasteiger charge is -2.21. The summed E-state index contributed by atoms with van der Waals surface area (Å²) in [5, 5.41) is 17.4. The minimum atomic E-state index is -0.366. The molecule has 2 N–H and O–H groups in total. The highest BCUT2D eigenvalue weighted by atomic mass is 16.2. The van der Waals surface area contributed by atoms with Crippen LogP contribution < -0.4 is 11.0 Å². The molecular formula is C14H18N6O2. The first-order chi connectivity index (χ1) is 10.6. The van der Waals surface area contributed by atoms with E-state index in [0.717, 1.165) is 6.42 Å². The number of rotatable bonds is 6. The molecule has 1 aromatic rings. The summed E-state index contributed by atoms with van der Waals surface area (Å²) in [5.74, 6) is 3.08. The Balaban J connectivity index is 1.46. The Kier molecular flexibility index (Phi) is 3.79. The molecule has 0 saturated heterocycles. The number of aromatic amines is 1. The number of nitrogens with one attached hydrogen (secondary N) is 2. The lowest BCUT2D eigenvalue weighted by Crippen LogP contribution is -2.38. The predicted octanol–water partition coefficient (Wildman–Crippen LogP) is 0.216. The fourth-order valence-electron chi connectivity index (χ4n) is 2.77. The Bertz CT molecular complexity index is 689. The van der Waals surface area contributed by atoms with Crippen LogP contribution in [0.5, 0.6) is 0 Å². The molecule has 0 bridgehead atoms. The van der Waals surface area contributed by atoms with Gasteiger partial charge in [0.1, 0.15) is 5.82 Å². The van der Waals surface area contributed by atoms with Crippen LogP contribution >= 0.6 is 0 Å². The van der Waals surface area contributed by atoms with Crippen LogP contribution in [0.25, 0.3) is 0 Å². The van der Waals surface area contributed by atoms with E-state index in [0.29, 0.717) is 44.6 Å². The van der Waals surface area contributed by atoms with Crippen LogP contribution in [0, 0.1) is 18.3 Å². The van der Waals surface area contributed by atoms with E-state index in [2.05, 4.69) is 31.7 Å². The van der Waals surface area contributed by atoms with Crippen LogP contribution in [-0.2, 0) is 17.8 Å². The molecule has 0 fully saturated rings. The van der Waals surface area contributed by atoms with E-state index < -0.39 is 0 Å². The van der Waals surface area contributed by atoms with Crippen molar-refractivity contribution in [3.8, 4) is 12.3 Å². The van der Waals surface area contributed by atoms with Gasteiger partial charge in [0.15, 0.2) is 5.66 Å². The van der Waals surface area contributed by atoms with Gasteiger partial charge in [-0.2, -0.15) is 15.3 Å². The first-order valence-corrected chi connectivity index (χ1v) is 7.43. The van der Waals surface area contributed by atoms with Crippen molar-refractivity contribution in [2.75, 3.05) is 6.54 Å². The number of amides is 1. The third-order valence-corrected chi connectivity index (χ3v) is 4.22. The molecule has 0 radical (unpaired) electrons. The number of carbonyl (C=O) groups is 1. The van der Waals surface area contributed by atoms with E-state index in [-0.39, 0.29) is 23.2 Å². The van der Waals surface area contributed by atoms with Gasteiger partial charge in [-0.15, -0.1) is 12.3 Å². The molecule has 8 nitrogen and oxygen atoms in total. The maximum Gasteiger partial charge on any atom is 0.343 e. The summed E-state index contributed by atoms with van der Waals surface area (Å²) in [5.41, 5.74) is -0.573. The van der Waals surface area contributed by atoms with Crippen LogP contribution in [-0.4, -0.2) is 32.9 Å². The van der Waals surface area contributed by atoms with Crippen molar-refractivity contribution in [3.05, 3.63) is 16.3 Å². The van der Waals surface area contributed by atoms with E-state index in [9.17, 15) is 9.59 Å². The van der Waals surface area contributed by atoms with Crippen molar-refractivity contribution in [1.82, 2.24) is 20.1 Å². The molecule has 3 heterocycles. The summed E-state index contributed by atoms with van der Waals surface area (Å²) >= 11 is 0. The number of H-pyrrole nitrogens is 1. The largest absolute Gasteiger partial charge is 0.356 e. The normalized spacial score (nSPS) is 21.0. The van der Waals surface area contributed by atoms with Crippen molar-refractivity contribution < 1.29 is 4.79 Å². The van der Waals surface area contributed by atoms with Crippen molar-refractivity contribution in [2.24, 2.45) is 16.1 Å². The summed E-state index contributed by atoms with van der Waals surface area (Å²) in [7, 11) is 0. The molecular weight excluding hydrogens is 284 g/mol. The maximum absolute atomic E-state index is 12.2. The van der Waals surface area contributed by atoms with E-state index >= 15 is 0 Å². The van der Waals surface area contributed by atoms with Gasteiger partial charge in [0.2, 0.25) is 5.91 Å². The van der Waals surface area contributed by atoms with Crippen LogP contribution in [0.15, 0.2) is 15.0 Å². The van der Waals surface area contributed by atoms with Crippen LogP contribution in [0.4, 0.5) is 0 Å². The average Bonchev–Trinajstić information content (AvgIpc) is 3.21. The summed E-state index contributed by atoms with van der Waals surface area (Å²) < 4.78 is 1.58. The van der Waals surface area contributed by atoms with E-state index in [1.807, 2.05) is 0 Å². The third-order valence-electron chi connectivity index (χ3n) is 4.22. The number of terminal acetylenes is 1. The first-order valence-electron chi connectivity index (χ1n) is 7.43. The zero-order valence-electron chi connectivity index (χ0n) is 12.2. The average molecular weight is 302 g/mol. The smallest absolute Gasteiger partial charge is 0.343 e. The maximum atomic E-state index is 12.2. The minimum Gasteiger partial charge on any atom is -0.356 e. The molecule has 1 atom stereocenters. The van der Waals surface area contributed by atoms with Gasteiger partial charge in [-0.25, -0.2) is 9.89 Å². The number of carbonyl (C=O) groups excluding carboxylic acids is 1. The lowest BCUT2D eigenvalue weighted by atomic mass is 9.96. The molecule has 2 aliphatic heterocycles. The summed E-state index contributed by atoms with van der Waals surface area (Å²) in [6, 6.07) is 0. The number of hydrogen-bond donors (Lipinski definition) is 2. The molecule has 22 heavy (non-hydrogen) atoms. The molecule has 1 amide bonds. The summed E-state index contributed by atoms with van der Waals surface area (Å²) in [6.07, 6.45) is 8.44. The van der Waals surface area contributed by atoms with Crippen molar-refractivity contribution >= 4 is 5.91 Å². The molecule has 1 aromatic heterocycles. The molecule has 0 aliphatic carbocycles. The highest BCUT2D eigenvalue weighted by molar-refractivity contribution is 5.78. The molecule has 8 heteroatoms. The Morgan fingerprint density at radius 1 is 1.50 bits per heavy atom. The summed E-state index contributed by atoms with van der Waals surface area (Å²) in [6.45, 7) is 1.06. The molecule has 0 aromatic carbocycles. The lowest BCUT2D eigenvalue weighted by molar-refractivity contribution is -0.125. The topological polar surface area (TPSA) is 104 Å². The highest BCUT2D eigenvalue weighted by Gasteiger charge is 2.38. The molecule has 0 saturated carbocycles. The van der Waals surface area contributed by atoms with Gasteiger partial charge in [-0.1, -0.05) is 0 Å². The van der Waals surface area contributed by atoms with Crippen LogP contribution in [0.2, 0.25) is 0 Å². The van der Waals surface area contributed by atoms with Gasteiger partial charge in [0.25, 0.3) is 0 Å². The molecule has 0 spiro atoms. The van der Waals surface area contributed by atoms with Gasteiger partial charge in [0.05, 0.1) is 0 Å². The standard InChI is InChI=1S/C14H18N6O2/c1-2-3-5-14(18-19-14)6-7-15-12(21)10-4-8-20-11(9-10)16-17-13(20)22/h1,10H,3-9H2,(H,15,21)(H,17,22). The highest BCUT2D eigenvalue weighted by Crippen LogP contribution is 2.36. The molecule has 3 rings (SSSR count). The molecule has 1 unspecified atom stereocenters. The zero-order valence-corrected chi connectivity index (χ0v) is 12.2. The Morgan fingerprint density at radius 3 is 3.05 bits per heavy atom. The van der Waals surface area contributed by atoms with E-state index in [1.165, 1.54) is 0 Å². The quantitative estimate of drug-likeness (QED) is 0.734. The van der Waals surface area contributed by atoms with Crippen molar-refractivity contribution in [3.63, 3.8) is 0 Å². The second kappa shape index (κ2) is 5.75. The minimum absolute atomic E-state index is 0.00514. The number of nitrogens with zero attached hydrogens (tertiary/aromatic N) is 4. The predicted molar refractivity (Wildman–Crippen MR) is 77.9 cm³/mol. The van der Waals surface area contributed by atoms with Gasteiger partial charge < -0.3 is 5.32 Å². The van der Waals surface area contributed by atoms with Crippen molar-refractivity contribution in [1.29, 1.82) is 0 Å². The van der Waals surface area contributed by atoms with E-state index in [1.54, 1.807) is 4.57 Å². The zero-order chi connectivity index (χ0) is 15.6. The Labute approximate surface area is 127 Å².